The first-order valence-electron chi connectivity index (χ1n) is 11.0. The molecule has 5 nitrogen and oxygen atoms in total. The number of carbonyl (C=O) groups is 1. The van der Waals surface area contributed by atoms with Gasteiger partial charge in [-0.2, -0.15) is 0 Å². The summed E-state index contributed by atoms with van der Waals surface area (Å²) in [6.45, 7) is 5.22. The zero-order valence-corrected chi connectivity index (χ0v) is 16.6. The van der Waals surface area contributed by atoms with Crippen LogP contribution in [0.3, 0.4) is 0 Å². The first-order valence-corrected chi connectivity index (χ1v) is 11.0. The largest absolute Gasteiger partial charge is 0.368 e. The Hall–Kier alpha value is -1.65. The van der Waals surface area contributed by atoms with Crippen LogP contribution in [0.15, 0.2) is 6.07 Å². The molecule has 5 aliphatic carbocycles. The van der Waals surface area contributed by atoms with Crippen LogP contribution in [0.4, 0.5) is 5.82 Å². The molecule has 146 valence electrons. The van der Waals surface area contributed by atoms with E-state index in [-0.39, 0.29) is 11.8 Å². The summed E-state index contributed by atoms with van der Waals surface area (Å²) in [5.74, 6) is 5.02. The molecule has 0 radical (unpaired) electrons. The maximum Gasteiger partial charge on any atom is 0.272 e. The van der Waals surface area contributed by atoms with Crippen LogP contribution < -0.4 is 10.6 Å². The van der Waals surface area contributed by atoms with Crippen LogP contribution in [0.5, 0.6) is 0 Å². The van der Waals surface area contributed by atoms with Crippen molar-refractivity contribution in [1.29, 1.82) is 0 Å². The van der Waals surface area contributed by atoms with E-state index in [1.807, 2.05) is 6.07 Å². The lowest BCUT2D eigenvalue weighted by Gasteiger charge is -2.54. The Morgan fingerprint density at radius 3 is 2.33 bits per heavy atom. The van der Waals surface area contributed by atoms with E-state index in [0.717, 1.165) is 35.7 Å². The zero-order chi connectivity index (χ0) is 18.5. The van der Waals surface area contributed by atoms with Gasteiger partial charge >= 0.3 is 0 Å². The minimum Gasteiger partial charge on any atom is -0.368 e. The number of aromatic nitrogens is 2. The van der Waals surface area contributed by atoms with E-state index in [0.29, 0.717) is 23.6 Å². The second-order valence-electron chi connectivity index (χ2n) is 9.94. The molecule has 6 rings (SSSR count). The van der Waals surface area contributed by atoms with Crippen LogP contribution in [0.2, 0.25) is 0 Å². The first kappa shape index (κ1) is 17.4. The molecule has 5 aliphatic rings. The van der Waals surface area contributed by atoms with Gasteiger partial charge < -0.3 is 10.6 Å². The topological polar surface area (TPSA) is 66.9 Å². The molecule has 5 heteroatoms. The SMILES string of the molecule is CC(C)c1cc(NCC2CC2)nnc1C(=O)NC1C2CC3CC(C2)CC1C3. The quantitative estimate of drug-likeness (QED) is 0.797. The molecule has 0 atom stereocenters. The van der Waals surface area contributed by atoms with Gasteiger partial charge in [0.05, 0.1) is 0 Å². The fraction of sp³-hybridized carbons (Fsp3) is 0.773. The molecule has 1 amide bonds. The molecule has 1 aromatic heterocycles. The van der Waals surface area contributed by atoms with Crippen LogP contribution in [-0.2, 0) is 0 Å². The summed E-state index contributed by atoms with van der Waals surface area (Å²) in [4.78, 5) is 13.1. The van der Waals surface area contributed by atoms with Crippen LogP contribution in [0.1, 0.15) is 80.8 Å². The summed E-state index contributed by atoms with van der Waals surface area (Å²) >= 11 is 0. The zero-order valence-electron chi connectivity index (χ0n) is 16.6. The Bertz CT molecular complexity index is 699. The Morgan fingerprint density at radius 2 is 1.74 bits per heavy atom. The van der Waals surface area contributed by atoms with Crippen LogP contribution in [0, 0.1) is 29.6 Å². The summed E-state index contributed by atoms with van der Waals surface area (Å²) in [6, 6.07) is 2.38. The summed E-state index contributed by atoms with van der Waals surface area (Å²) < 4.78 is 0. The van der Waals surface area contributed by atoms with Crippen molar-refractivity contribution in [1.82, 2.24) is 15.5 Å². The Kier molecular flexibility index (Phi) is 4.36. The monoisotopic (exact) mass is 368 g/mol. The van der Waals surface area contributed by atoms with Gasteiger partial charge in [-0.05, 0) is 92.1 Å². The highest BCUT2D eigenvalue weighted by molar-refractivity contribution is 5.94. The number of nitrogens with zero attached hydrogens (tertiary/aromatic N) is 2. The van der Waals surface area contributed by atoms with Crippen molar-refractivity contribution >= 4 is 11.7 Å². The molecule has 5 fully saturated rings. The van der Waals surface area contributed by atoms with Crippen LogP contribution >= 0.6 is 0 Å². The maximum absolute atomic E-state index is 13.1. The van der Waals surface area contributed by atoms with Crippen molar-refractivity contribution in [2.24, 2.45) is 29.6 Å². The summed E-state index contributed by atoms with van der Waals surface area (Å²) in [5.41, 5.74) is 1.53. The molecular formula is C22H32N4O. The Labute approximate surface area is 162 Å². The third-order valence-electron chi connectivity index (χ3n) is 7.45. The standard InChI is InChI=1S/C22H32N4O/c1-12(2)18-10-19(23-11-13-3-4-13)25-26-21(18)22(27)24-20-16-6-14-5-15(8-16)9-17(20)7-14/h10,12-17,20H,3-9,11H2,1-2H3,(H,23,25)(H,24,27). The van der Waals surface area contributed by atoms with Gasteiger partial charge in [-0.1, -0.05) is 13.8 Å². The highest BCUT2D eigenvalue weighted by atomic mass is 16.2. The number of nitrogens with one attached hydrogen (secondary N) is 2. The molecule has 0 aromatic carbocycles. The molecule has 27 heavy (non-hydrogen) atoms. The third-order valence-corrected chi connectivity index (χ3v) is 7.45. The maximum atomic E-state index is 13.1. The molecule has 2 N–H and O–H groups in total. The lowest BCUT2D eigenvalue weighted by molar-refractivity contribution is -0.0120. The molecule has 0 aliphatic heterocycles. The summed E-state index contributed by atoms with van der Waals surface area (Å²) in [5, 5.41) is 15.4. The van der Waals surface area contributed by atoms with Gasteiger partial charge in [0.1, 0.15) is 5.82 Å². The lowest BCUT2D eigenvalue weighted by atomic mass is 9.54. The van der Waals surface area contributed by atoms with Gasteiger partial charge in [0.25, 0.3) is 5.91 Å². The van der Waals surface area contributed by atoms with Gasteiger partial charge in [-0.15, -0.1) is 10.2 Å². The first-order chi connectivity index (χ1) is 13.1. The van der Waals surface area contributed by atoms with E-state index in [1.54, 1.807) is 0 Å². The van der Waals surface area contributed by atoms with Gasteiger partial charge in [-0.3, -0.25) is 4.79 Å². The van der Waals surface area contributed by atoms with Crippen molar-refractivity contribution in [3.8, 4) is 0 Å². The number of rotatable bonds is 6. The molecule has 1 aromatic rings. The van der Waals surface area contributed by atoms with E-state index < -0.39 is 0 Å². The van der Waals surface area contributed by atoms with Gasteiger partial charge in [0.15, 0.2) is 5.69 Å². The molecule has 4 bridgehead atoms. The highest BCUT2D eigenvalue weighted by Crippen LogP contribution is 2.53. The summed E-state index contributed by atoms with van der Waals surface area (Å²) in [6.07, 6.45) is 9.30. The van der Waals surface area contributed by atoms with E-state index in [1.165, 1.54) is 44.9 Å². The molecule has 0 saturated heterocycles. The van der Waals surface area contributed by atoms with Crippen molar-refractivity contribution < 1.29 is 4.79 Å². The average molecular weight is 369 g/mol. The van der Waals surface area contributed by atoms with Crippen LogP contribution in [0.25, 0.3) is 0 Å². The van der Waals surface area contributed by atoms with E-state index >= 15 is 0 Å². The van der Waals surface area contributed by atoms with Crippen LogP contribution in [-0.4, -0.2) is 28.7 Å². The minimum absolute atomic E-state index is 0.0163. The molecule has 1 heterocycles. The number of anilines is 1. The predicted octanol–water partition coefficient (Wildman–Crippen LogP) is 3.98. The summed E-state index contributed by atoms with van der Waals surface area (Å²) in [7, 11) is 0. The fourth-order valence-corrected chi connectivity index (χ4v) is 6.06. The van der Waals surface area contributed by atoms with Crippen molar-refractivity contribution in [3.05, 3.63) is 17.3 Å². The van der Waals surface area contributed by atoms with Crippen molar-refractivity contribution in [2.75, 3.05) is 11.9 Å². The Morgan fingerprint density at radius 1 is 1.07 bits per heavy atom. The number of carbonyl (C=O) groups excluding carboxylic acids is 1. The van der Waals surface area contributed by atoms with Gasteiger partial charge in [0.2, 0.25) is 0 Å². The number of hydrogen-bond acceptors (Lipinski definition) is 4. The second kappa shape index (κ2) is 6.75. The van der Waals surface area contributed by atoms with Gasteiger partial charge in [-0.25, -0.2) is 0 Å². The predicted molar refractivity (Wildman–Crippen MR) is 106 cm³/mol. The highest BCUT2D eigenvalue weighted by Gasteiger charge is 2.48. The normalized spacial score (nSPS) is 34.1. The molecule has 5 saturated carbocycles. The molecular weight excluding hydrogens is 336 g/mol. The second-order valence-corrected chi connectivity index (χ2v) is 9.94. The Balaban J connectivity index is 1.31. The number of hydrogen-bond donors (Lipinski definition) is 2. The van der Waals surface area contributed by atoms with E-state index in [4.69, 9.17) is 0 Å². The van der Waals surface area contributed by atoms with E-state index in [9.17, 15) is 4.79 Å². The molecule has 0 unspecified atom stereocenters. The minimum atomic E-state index is -0.0163. The molecule has 0 spiro atoms. The smallest absolute Gasteiger partial charge is 0.272 e. The fourth-order valence-electron chi connectivity index (χ4n) is 6.06. The van der Waals surface area contributed by atoms with Crippen molar-refractivity contribution in [3.63, 3.8) is 0 Å². The third kappa shape index (κ3) is 3.45. The van der Waals surface area contributed by atoms with Crippen molar-refractivity contribution in [2.45, 2.75) is 70.8 Å². The van der Waals surface area contributed by atoms with E-state index in [2.05, 4.69) is 34.7 Å². The lowest BCUT2D eigenvalue weighted by Crippen LogP contribution is -2.56. The average Bonchev–Trinajstić information content (AvgIpc) is 3.46. The number of amides is 1. The van der Waals surface area contributed by atoms with Gasteiger partial charge in [0, 0.05) is 12.6 Å².